The Labute approximate surface area is 115 Å². The van der Waals surface area contributed by atoms with E-state index in [1.54, 1.807) is 0 Å². The van der Waals surface area contributed by atoms with Gasteiger partial charge in [-0.2, -0.15) is 0 Å². The molecule has 2 heteroatoms. The molecule has 1 atom stereocenters. The van der Waals surface area contributed by atoms with Crippen molar-refractivity contribution in [2.24, 2.45) is 0 Å². The lowest BCUT2D eigenvalue weighted by Gasteiger charge is -2.22. The predicted octanol–water partition coefficient (Wildman–Crippen LogP) is 3.71. The quantitative estimate of drug-likeness (QED) is 0.899. The average Bonchev–Trinajstić information content (AvgIpc) is 2.38. The first kappa shape index (κ1) is 13.8. The molecule has 0 saturated carbocycles. The van der Waals surface area contributed by atoms with Crippen molar-refractivity contribution in [1.29, 1.82) is 0 Å². The third-order valence-corrected chi connectivity index (χ3v) is 3.54. The highest BCUT2D eigenvalue weighted by Crippen LogP contribution is 2.27. The molecule has 1 aromatic carbocycles. The van der Waals surface area contributed by atoms with Gasteiger partial charge in [-0.1, -0.05) is 30.7 Å². The van der Waals surface area contributed by atoms with Crippen LogP contribution in [0.5, 0.6) is 0 Å². The van der Waals surface area contributed by atoms with E-state index in [0.29, 0.717) is 0 Å². The molecule has 100 valence electrons. The van der Waals surface area contributed by atoms with Crippen molar-refractivity contribution in [3.05, 3.63) is 64.5 Å². The zero-order chi connectivity index (χ0) is 13.8. The Morgan fingerprint density at radius 2 is 1.84 bits per heavy atom. The second kappa shape index (κ2) is 5.98. The lowest BCUT2D eigenvalue weighted by molar-refractivity contribution is 0.622. The van der Waals surface area contributed by atoms with Gasteiger partial charge in [0.2, 0.25) is 0 Å². The number of rotatable bonds is 4. The Hall–Kier alpha value is -1.67. The summed E-state index contributed by atoms with van der Waals surface area (Å²) in [4.78, 5) is 4.28. The number of hydrogen-bond acceptors (Lipinski definition) is 2. The van der Waals surface area contributed by atoms with E-state index in [1.165, 1.54) is 27.8 Å². The van der Waals surface area contributed by atoms with Gasteiger partial charge in [0.05, 0.1) is 6.04 Å². The number of aromatic nitrogens is 1. The molecule has 2 nitrogen and oxygen atoms in total. The van der Waals surface area contributed by atoms with Crippen LogP contribution in [-0.2, 0) is 0 Å². The summed E-state index contributed by atoms with van der Waals surface area (Å²) in [7, 11) is 0. The van der Waals surface area contributed by atoms with Gasteiger partial charge >= 0.3 is 0 Å². The minimum absolute atomic E-state index is 0.222. The maximum Gasteiger partial charge on any atom is 0.0597 e. The van der Waals surface area contributed by atoms with Gasteiger partial charge in [-0.3, -0.25) is 4.98 Å². The van der Waals surface area contributed by atoms with E-state index in [9.17, 15) is 0 Å². The van der Waals surface area contributed by atoms with Crippen LogP contribution < -0.4 is 5.32 Å². The molecule has 2 aromatic rings. The van der Waals surface area contributed by atoms with E-state index in [1.807, 2.05) is 12.4 Å². The second-order valence-electron chi connectivity index (χ2n) is 5.08. The fraction of sp³-hybridized carbons (Fsp3) is 0.353. The molecule has 0 aliphatic carbocycles. The highest BCUT2D eigenvalue weighted by molar-refractivity contribution is 5.40. The van der Waals surface area contributed by atoms with Crippen LogP contribution in [0, 0.1) is 20.8 Å². The fourth-order valence-electron chi connectivity index (χ4n) is 2.52. The first-order valence-electron chi connectivity index (χ1n) is 6.84. The summed E-state index contributed by atoms with van der Waals surface area (Å²) in [6.45, 7) is 9.53. The molecule has 19 heavy (non-hydrogen) atoms. The van der Waals surface area contributed by atoms with E-state index >= 15 is 0 Å². The predicted molar refractivity (Wildman–Crippen MR) is 80.4 cm³/mol. The van der Waals surface area contributed by atoms with Crippen LogP contribution in [0.1, 0.15) is 40.8 Å². The number of benzene rings is 1. The molecule has 1 N–H and O–H groups in total. The average molecular weight is 254 g/mol. The minimum atomic E-state index is 0.222. The SMILES string of the molecule is CCNC(c1ccc(C)cc1C)c1cnccc1C. The normalized spacial score (nSPS) is 12.4. The molecule has 0 bridgehead atoms. The van der Waals surface area contributed by atoms with Gasteiger partial charge in [0.1, 0.15) is 0 Å². The van der Waals surface area contributed by atoms with Crippen LogP contribution >= 0.6 is 0 Å². The van der Waals surface area contributed by atoms with Crippen molar-refractivity contribution in [1.82, 2.24) is 10.3 Å². The van der Waals surface area contributed by atoms with E-state index < -0.39 is 0 Å². The summed E-state index contributed by atoms with van der Waals surface area (Å²) in [6.07, 6.45) is 3.83. The summed E-state index contributed by atoms with van der Waals surface area (Å²) in [5, 5.41) is 3.58. The molecule has 0 fully saturated rings. The van der Waals surface area contributed by atoms with Crippen LogP contribution in [-0.4, -0.2) is 11.5 Å². The molecule has 0 radical (unpaired) electrons. The zero-order valence-electron chi connectivity index (χ0n) is 12.2. The molecule has 1 unspecified atom stereocenters. The summed E-state index contributed by atoms with van der Waals surface area (Å²) in [6, 6.07) is 8.94. The van der Waals surface area contributed by atoms with Gasteiger partial charge in [-0.05, 0) is 55.6 Å². The molecule has 1 heterocycles. The van der Waals surface area contributed by atoms with Crippen molar-refractivity contribution < 1.29 is 0 Å². The summed E-state index contributed by atoms with van der Waals surface area (Å²) in [5.74, 6) is 0. The van der Waals surface area contributed by atoms with Gasteiger partial charge < -0.3 is 5.32 Å². The van der Waals surface area contributed by atoms with E-state index in [4.69, 9.17) is 0 Å². The van der Waals surface area contributed by atoms with Gasteiger partial charge in [0.15, 0.2) is 0 Å². The standard InChI is InChI=1S/C17H22N2/c1-5-19-17(16-11-18-9-8-13(16)3)15-7-6-12(2)10-14(15)4/h6-11,17,19H,5H2,1-4H3. The molecular formula is C17H22N2. The Bertz CT molecular complexity index is 561. The third-order valence-electron chi connectivity index (χ3n) is 3.54. The maximum atomic E-state index is 4.28. The number of nitrogens with zero attached hydrogens (tertiary/aromatic N) is 1. The van der Waals surface area contributed by atoms with Crippen LogP contribution in [0.3, 0.4) is 0 Å². The lowest BCUT2D eigenvalue weighted by atomic mass is 9.92. The third kappa shape index (κ3) is 3.02. The summed E-state index contributed by atoms with van der Waals surface area (Å²) in [5.41, 5.74) is 6.51. The van der Waals surface area contributed by atoms with Crippen molar-refractivity contribution in [2.75, 3.05) is 6.54 Å². The molecule has 0 spiro atoms. The Balaban J connectivity index is 2.48. The van der Waals surface area contributed by atoms with Gasteiger partial charge in [0.25, 0.3) is 0 Å². The maximum absolute atomic E-state index is 4.28. The van der Waals surface area contributed by atoms with Crippen molar-refractivity contribution >= 4 is 0 Å². The second-order valence-corrected chi connectivity index (χ2v) is 5.08. The molecule has 0 amide bonds. The number of aryl methyl sites for hydroxylation is 3. The zero-order valence-corrected chi connectivity index (χ0v) is 12.2. The topological polar surface area (TPSA) is 24.9 Å². The van der Waals surface area contributed by atoms with Crippen LogP contribution in [0.15, 0.2) is 36.7 Å². The molecule has 1 aromatic heterocycles. The summed E-state index contributed by atoms with van der Waals surface area (Å²) >= 11 is 0. The fourth-order valence-corrected chi connectivity index (χ4v) is 2.52. The minimum Gasteiger partial charge on any atom is -0.306 e. The highest BCUT2D eigenvalue weighted by Gasteiger charge is 2.17. The Morgan fingerprint density at radius 1 is 1.05 bits per heavy atom. The van der Waals surface area contributed by atoms with E-state index in [-0.39, 0.29) is 6.04 Å². The Kier molecular flexibility index (Phi) is 4.33. The van der Waals surface area contributed by atoms with Crippen LogP contribution in [0.4, 0.5) is 0 Å². The first-order chi connectivity index (χ1) is 9.13. The largest absolute Gasteiger partial charge is 0.306 e. The van der Waals surface area contributed by atoms with Crippen molar-refractivity contribution in [3.8, 4) is 0 Å². The Morgan fingerprint density at radius 3 is 2.47 bits per heavy atom. The smallest absolute Gasteiger partial charge is 0.0597 e. The van der Waals surface area contributed by atoms with E-state index in [2.05, 4.69) is 62.3 Å². The van der Waals surface area contributed by atoms with Crippen molar-refractivity contribution in [3.63, 3.8) is 0 Å². The number of nitrogens with one attached hydrogen (secondary N) is 1. The van der Waals surface area contributed by atoms with Crippen LogP contribution in [0.25, 0.3) is 0 Å². The molecule has 0 aliphatic heterocycles. The molecule has 0 aliphatic rings. The summed E-state index contributed by atoms with van der Waals surface area (Å²) < 4.78 is 0. The van der Waals surface area contributed by atoms with Gasteiger partial charge in [-0.25, -0.2) is 0 Å². The van der Waals surface area contributed by atoms with Gasteiger partial charge in [-0.15, -0.1) is 0 Å². The molecule has 0 saturated heterocycles. The molecular weight excluding hydrogens is 232 g/mol. The number of pyridine rings is 1. The van der Waals surface area contributed by atoms with Gasteiger partial charge in [0, 0.05) is 12.4 Å². The first-order valence-corrected chi connectivity index (χ1v) is 6.84. The van der Waals surface area contributed by atoms with Crippen LogP contribution in [0.2, 0.25) is 0 Å². The lowest BCUT2D eigenvalue weighted by Crippen LogP contribution is -2.23. The van der Waals surface area contributed by atoms with E-state index in [0.717, 1.165) is 6.54 Å². The van der Waals surface area contributed by atoms with Crippen molar-refractivity contribution in [2.45, 2.75) is 33.7 Å². The monoisotopic (exact) mass is 254 g/mol. The highest BCUT2D eigenvalue weighted by atomic mass is 14.9. The number of hydrogen-bond donors (Lipinski definition) is 1. The molecule has 2 rings (SSSR count).